The lowest BCUT2D eigenvalue weighted by molar-refractivity contribution is -0.331. The summed E-state index contributed by atoms with van der Waals surface area (Å²) in [6.45, 7) is 0. The van der Waals surface area contributed by atoms with Crippen LogP contribution in [-0.2, 0) is 17.2 Å². The fourth-order valence-electron chi connectivity index (χ4n) is 1.92. The van der Waals surface area contributed by atoms with Crippen molar-refractivity contribution in [2.75, 3.05) is 0 Å². The van der Waals surface area contributed by atoms with Crippen molar-refractivity contribution in [3.05, 3.63) is 49.0 Å². The monoisotopic (exact) mass is 546 g/mol. The molecule has 26 heavy (non-hydrogen) atoms. The molecule has 1 atom stereocenters. The van der Waals surface area contributed by atoms with Gasteiger partial charge in [0.1, 0.15) is 10.8 Å². The van der Waals surface area contributed by atoms with Gasteiger partial charge in [-0.15, -0.1) is 11.3 Å². The molecule has 0 amide bonds. The van der Waals surface area contributed by atoms with E-state index in [9.17, 15) is 34.9 Å². The van der Waals surface area contributed by atoms with E-state index in [0.29, 0.717) is 4.88 Å². The van der Waals surface area contributed by atoms with Crippen LogP contribution in [0.3, 0.4) is 0 Å². The highest BCUT2D eigenvalue weighted by Gasteiger charge is 2.76. The molecule has 1 aromatic heterocycles. The molecular formula is C14H7Br2F7OS2. The Morgan fingerprint density at radius 1 is 1.04 bits per heavy atom. The second-order valence-corrected chi connectivity index (χ2v) is 9.27. The Morgan fingerprint density at radius 2 is 1.65 bits per heavy atom. The third kappa shape index (κ3) is 4.02. The molecule has 2 rings (SSSR count). The van der Waals surface area contributed by atoms with Gasteiger partial charge in [-0.25, -0.2) is 4.21 Å². The first-order valence-electron chi connectivity index (χ1n) is 6.53. The van der Waals surface area contributed by atoms with Crippen molar-refractivity contribution in [1.82, 2.24) is 0 Å². The van der Waals surface area contributed by atoms with Gasteiger partial charge in [-0.2, -0.15) is 30.7 Å². The van der Waals surface area contributed by atoms with E-state index >= 15 is 0 Å². The van der Waals surface area contributed by atoms with E-state index in [1.165, 1.54) is 17.4 Å². The Bertz CT molecular complexity index is 819. The van der Waals surface area contributed by atoms with Crippen molar-refractivity contribution in [3.63, 3.8) is 0 Å². The Labute approximate surface area is 166 Å². The first-order valence-corrected chi connectivity index (χ1v) is 10.1. The molecule has 12 heteroatoms. The number of thiophene rings is 1. The van der Waals surface area contributed by atoms with E-state index in [1.54, 1.807) is 17.5 Å². The fraction of sp³-hybridized carbons (Fsp3) is 0.286. The van der Waals surface area contributed by atoms with Gasteiger partial charge in [-0.05, 0) is 29.1 Å². The molecule has 0 radical (unpaired) electrons. The van der Waals surface area contributed by atoms with Crippen LogP contribution in [0, 0.1) is 0 Å². The largest absolute Gasteiger partial charge is 0.461 e. The van der Waals surface area contributed by atoms with Crippen LogP contribution < -0.4 is 0 Å². The Morgan fingerprint density at radius 3 is 2.15 bits per heavy atom. The van der Waals surface area contributed by atoms with E-state index in [2.05, 4.69) is 31.9 Å². The van der Waals surface area contributed by atoms with Crippen LogP contribution in [0.25, 0.3) is 0 Å². The van der Waals surface area contributed by atoms with Crippen molar-refractivity contribution in [2.45, 2.75) is 28.7 Å². The smallest absolute Gasteiger partial charge is 0.248 e. The van der Waals surface area contributed by atoms with Crippen molar-refractivity contribution >= 4 is 54.0 Å². The molecule has 0 aliphatic rings. The van der Waals surface area contributed by atoms with Crippen LogP contribution in [0.15, 0.2) is 43.5 Å². The van der Waals surface area contributed by atoms with E-state index in [0.717, 1.165) is 6.07 Å². The fourth-order valence-corrected chi connectivity index (χ4v) is 5.55. The summed E-state index contributed by atoms with van der Waals surface area (Å²) < 4.78 is 104. The summed E-state index contributed by atoms with van der Waals surface area (Å²) in [5.41, 5.74) is -0.0633. The molecule has 0 fully saturated rings. The highest BCUT2D eigenvalue weighted by atomic mass is 79.9. The van der Waals surface area contributed by atoms with Crippen LogP contribution in [0.2, 0.25) is 0 Å². The summed E-state index contributed by atoms with van der Waals surface area (Å²) in [5, 5.41) is -4.18. The number of hydrogen-bond acceptors (Lipinski definition) is 2. The Balaban J connectivity index is 2.58. The third-order valence-corrected chi connectivity index (χ3v) is 6.73. The summed E-state index contributed by atoms with van der Waals surface area (Å²) in [6.07, 6.45) is -6.62. The lowest BCUT2D eigenvalue weighted by Gasteiger charge is -2.28. The number of halogens is 9. The van der Waals surface area contributed by atoms with Gasteiger partial charge in [0.05, 0.1) is 4.90 Å². The molecule has 144 valence electrons. The molecule has 1 aromatic carbocycles. The van der Waals surface area contributed by atoms with Crippen LogP contribution in [0.5, 0.6) is 0 Å². The van der Waals surface area contributed by atoms with Gasteiger partial charge in [-0.3, -0.25) is 0 Å². The van der Waals surface area contributed by atoms with Crippen LogP contribution in [0.1, 0.15) is 10.4 Å². The number of hydrogen-bond donors (Lipinski definition) is 0. The van der Waals surface area contributed by atoms with Crippen LogP contribution >= 0.6 is 43.2 Å². The molecule has 0 aliphatic carbocycles. The second-order valence-electron chi connectivity index (χ2n) is 4.98. The van der Waals surface area contributed by atoms with E-state index in [-0.39, 0.29) is 20.9 Å². The van der Waals surface area contributed by atoms with Crippen molar-refractivity contribution in [3.8, 4) is 0 Å². The summed E-state index contributed by atoms with van der Waals surface area (Å²) in [4.78, 5) is -0.189. The lowest BCUT2D eigenvalue weighted by Crippen LogP contribution is -2.54. The topological polar surface area (TPSA) is 17.1 Å². The normalized spacial score (nSPS) is 14.5. The zero-order valence-electron chi connectivity index (χ0n) is 12.2. The molecule has 0 aliphatic heterocycles. The first-order chi connectivity index (χ1) is 11.8. The number of benzene rings is 1. The molecule has 2 aromatic rings. The van der Waals surface area contributed by atoms with Crippen LogP contribution in [-0.4, -0.2) is 21.6 Å². The molecule has 1 nitrogen and oxygen atoms in total. The molecule has 0 saturated heterocycles. The highest BCUT2D eigenvalue weighted by Crippen LogP contribution is 2.50. The third-order valence-electron chi connectivity index (χ3n) is 3.20. The maximum atomic E-state index is 13.9. The Kier molecular flexibility index (Phi) is 6.31. The molecule has 1 unspecified atom stereocenters. The van der Waals surface area contributed by atoms with Crippen molar-refractivity contribution in [2.24, 2.45) is 0 Å². The van der Waals surface area contributed by atoms with Crippen molar-refractivity contribution < 1.29 is 34.9 Å². The maximum absolute atomic E-state index is 13.9. The van der Waals surface area contributed by atoms with E-state index < -0.39 is 33.0 Å². The van der Waals surface area contributed by atoms with Gasteiger partial charge < -0.3 is 0 Å². The summed E-state index contributed by atoms with van der Waals surface area (Å²) in [5.74, 6) is -6.46. The molecule has 0 spiro atoms. The molecule has 1 heterocycles. The summed E-state index contributed by atoms with van der Waals surface area (Å²) >= 11 is 7.21. The SMILES string of the molecule is O=S(c1cc(Br)cc(Br)c1Cc1cccs1)C(F)(F)C(F)(F)C(F)(F)F. The maximum Gasteiger partial charge on any atom is 0.461 e. The second kappa shape index (κ2) is 7.51. The van der Waals surface area contributed by atoms with E-state index in [4.69, 9.17) is 0 Å². The predicted octanol–water partition coefficient (Wildman–Crippen LogP) is 6.76. The minimum absolute atomic E-state index is 0.0633. The van der Waals surface area contributed by atoms with Crippen LogP contribution in [0.4, 0.5) is 30.7 Å². The molecular weight excluding hydrogens is 541 g/mol. The first kappa shape index (κ1) is 21.8. The average Bonchev–Trinajstić information content (AvgIpc) is 3.00. The Hall–Kier alpha value is -0.460. The predicted molar refractivity (Wildman–Crippen MR) is 91.3 cm³/mol. The van der Waals surface area contributed by atoms with Gasteiger partial charge in [0.15, 0.2) is 0 Å². The zero-order valence-corrected chi connectivity index (χ0v) is 17.0. The van der Waals surface area contributed by atoms with Gasteiger partial charge in [0.2, 0.25) is 0 Å². The van der Waals surface area contributed by atoms with Gasteiger partial charge in [0, 0.05) is 20.2 Å². The standard InChI is InChI=1S/C14H7Br2F7OS2/c15-7-4-10(16)9(6-8-2-1-3-25-8)11(5-7)26(24)14(22,23)12(17,18)13(19,20)21/h1-5H,6H2. The number of alkyl halides is 7. The van der Waals surface area contributed by atoms with E-state index in [1.807, 2.05) is 0 Å². The van der Waals surface area contributed by atoms with Gasteiger partial charge in [-0.1, -0.05) is 37.9 Å². The van der Waals surface area contributed by atoms with Gasteiger partial charge in [0.25, 0.3) is 0 Å². The highest BCUT2D eigenvalue weighted by molar-refractivity contribution is 9.11. The lowest BCUT2D eigenvalue weighted by atomic mass is 10.1. The molecule has 0 N–H and O–H groups in total. The summed E-state index contributed by atoms with van der Waals surface area (Å²) in [7, 11) is -3.96. The average molecular weight is 548 g/mol. The van der Waals surface area contributed by atoms with Gasteiger partial charge >= 0.3 is 17.4 Å². The number of rotatable bonds is 5. The molecule has 0 saturated carbocycles. The quantitative estimate of drug-likeness (QED) is 0.378. The minimum Gasteiger partial charge on any atom is -0.248 e. The zero-order chi connectivity index (χ0) is 19.9. The minimum atomic E-state index is -6.55. The molecule has 0 bridgehead atoms. The van der Waals surface area contributed by atoms with Crippen molar-refractivity contribution in [1.29, 1.82) is 0 Å². The summed E-state index contributed by atoms with van der Waals surface area (Å²) in [6, 6.07) is 5.51.